The van der Waals surface area contributed by atoms with Gasteiger partial charge in [-0.05, 0) is 25.1 Å². The molecule has 2 N–H and O–H groups in total. The molecule has 0 aromatic carbocycles. The molecule has 0 spiro atoms. The van der Waals surface area contributed by atoms with E-state index in [4.69, 9.17) is 5.11 Å². The minimum absolute atomic E-state index is 0.237. The fraction of sp³-hybridized carbons (Fsp3) is 0.545. The van der Waals surface area contributed by atoms with Gasteiger partial charge >= 0.3 is 0 Å². The first-order valence-corrected chi connectivity index (χ1v) is 6.23. The molecule has 1 aromatic heterocycles. The lowest BCUT2D eigenvalue weighted by Gasteiger charge is -2.15. The van der Waals surface area contributed by atoms with Crippen LogP contribution < -0.4 is 5.32 Å². The summed E-state index contributed by atoms with van der Waals surface area (Å²) in [6.45, 7) is 3.25. The van der Waals surface area contributed by atoms with Crippen molar-refractivity contribution < 1.29 is 5.11 Å². The van der Waals surface area contributed by atoms with Crippen LogP contribution in [-0.4, -0.2) is 35.0 Å². The zero-order valence-corrected chi connectivity index (χ0v) is 9.83. The van der Waals surface area contributed by atoms with Crippen molar-refractivity contribution in [1.82, 2.24) is 10.3 Å². The molecule has 4 heteroatoms. The molecule has 0 saturated heterocycles. The fourth-order valence-electron chi connectivity index (χ4n) is 1.31. The highest BCUT2D eigenvalue weighted by molar-refractivity contribution is 7.99. The molecule has 0 bridgehead atoms. The Morgan fingerprint density at radius 2 is 2.40 bits per heavy atom. The van der Waals surface area contributed by atoms with Crippen LogP contribution in [0.1, 0.15) is 13.3 Å². The summed E-state index contributed by atoms with van der Waals surface area (Å²) in [5.41, 5.74) is 0. The molecule has 0 saturated carbocycles. The topological polar surface area (TPSA) is 45.1 Å². The number of nitrogens with zero attached hydrogens (tertiary/aromatic N) is 1. The van der Waals surface area contributed by atoms with Gasteiger partial charge in [0.25, 0.3) is 0 Å². The van der Waals surface area contributed by atoms with Gasteiger partial charge in [0, 0.05) is 24.6 Å². The van der Waals surface area contributed by atoms with E-state index in [1.807, 2.05) is 18.2 Å². The second-order valence-electron chi connectivity index (χ2n) is 3.25. The lowest BCUT2D eigenvalue weighted by atomic mass is 10.2. The Kier molecular flexibility index (Phi) is 6.39. The number of thioether (sulfide) groups is 1. The Hall–Kier alpha value is -0.580. The van der Waals surface area contributed by atoms with Crippen molar-refractivity contribution in [2.75, 3.05) is 18.9 Å². The zero-order chi connectivity index (χ0) is 10.9. The van der Waals surface area contributed by atoms with Gasteiger partial charge in [-0.2, -0.15) is 0 Å². The van der Waals surface area contributed by atoms with Crippen LogP contribution in [0.5, 0.6) is 0 Å². The number of nitrogens with one attached hydrogen (secondary N) is 1. The molecule has 0 aliphatic carbocycles. The van der Waals surface area contributed by atoms with Crippen molar-refractivity contribution in [2.24, 2.45) is 0 Å². The molecule has 1 heterocycles. The van der Waals surface area contributed by atoms with E-state index < -0.39 is 0 Å². The van der Waals surface area contributed by atoms with E-state index in [-0.39, 0.29) is 6.61 Å². The number of hydrogen-bond acceptors (Lipinski definition) is 4. The molecule has 15 heavy (non-hydrogen) atoms. The van der Waals surface area contributed by atoms with Crippen molar-refractivity contribution in [3.63, 3.8) is 0 Å². The van der Waals surface area contributed by atoms with Gasteiger partial charge in [0.1, 0.15) is 0 Å². The molecule has 84 valence electrons. The molecule has 0 fully saturated rings. The number of rotatable bonds is 7. The summed E-state index contributed by atoms with van der Waals surface area (Å²) in [6.07, 6.45) is 2.60. The largest absolute Gasteiger partial charge is 0.396 e. The molecule has 0 aliphatic heterocycles. The second kappa shape index (κ2) is 7.68. The van der Waals surface area contributed by atoms with Gasteiger partial charge in [-0.1, -0.05) is 13.0 Å². The smallest absolute Gasteiger partial charge is 0.0960 e. The lowest BCUT2D eigenvalue weighted by Crippen LogP contribution is -2.32. The zero-order valence-electron chi connectivity index (χ0n) is 9.02. The second-order valence-corrected chi connectivity index (χ2v) is 4.29. The summed E-state index contributed by atoms with van der Waals surface area (Å²) in [4.78, 5) is 4.24. The molecular weight excluding hydrogens is 208 g/mol. The van der Waals surface area contributed by atoms with Gasteiger partial charge in [-0.15, -0.1) is 11.8 Å². The summed E-state index contributed by atoms with van der Waals surface area (Å²) in [5.74, 6) is 0.950. The van der Waals surface area contributed by atoms with Crippen molar-refractivity contribution >= 4 is 11.8 Å². The van der Waals surface area contributed by atoms with Crippen molar-refractivity contribution in [3.8, 4) is 0 Å². The van der Waals surface area contributed by atoms with Gasteiger partial charge < -0.3 is 10.4 Å². The van der Waals surface area contributed by atoms with E-state index in [0.717, 1.165) is 23.7 Å². The van der Waals surface area contributed by atoms with E-state index in [2.05, 4.69) is 17.2 Å². The van der Waals surface area contributed by atoms with Crippen LogP contribution in [0.3, 0.4) is 0 Å². The molecule has 0 radical (unpaired) electrons. The number of pyridine rings is 1. The van der Waals surface area contributed by atoms with Crippen LogP contribution in [0.4, 0.5) is 0 Å². The molecule has 3 nitrogen and oxygen atoms in total. The van der Waals surface area contributed by atoms with Gasteiger partial charge in [0.15, 0.2) is 0 Å². The van der Waals surface area contributed by atoms with Crippen LogP contribution in [0, 0.1) is 0 Å². The number of aliphatic hydroxyl groups is 1. The monoisotopic (exact) mass is 226 g/mol. The van der Waals surface area contributed by atoms with E-state index >= 15 is 0 Å². The maximum absolute atomic E-state index is 8.90. The highest BCUT2D eigenvalue weighted by Gasteiger charge is 2.07. The van der Waals surface area contributed by atoms with Gasteiger partial charge in [-0.3, -0.25) is 0 Å². The van der Waals surface area contributed by atoms with Crippen LogP contribution in [0.25, 0.3) is 0 Å². The highest BCUT2D eigenvalue weighted by Crippen LogP contribution is 2.15. The lowest BCUT2D eigenvalue weighted by molar-refractivity contribution is 0.271. The van der Waals surface area contributed by atoms with Crippen LogP contribution >= 0.6 is 11.8 Å². The molecule has 0 amide bonds. The minimum atomic E-state index is 0.237. The Morgan fingerprint density at radius 3 is 3.00 bits per heavy atom. The third kappa shape index (κ3) is 5.16. The molecular formula is C11H18N2OS. The molecule has 1 aromatic rings. The van der Waals surface area contributed by atoms with Crippen molar-refractivity contribution in [2.45, 2.75) is 24.4 Å². The predicted molar refractivity (Wildman–Crippen MR) is 64.1 cm³/mol. The Bertz CT molecular complexity index is 250. The van der Waals surface area contributed by atoms with E-state index in [1.165, 1.54) is 0 Å². The van der Waals surface area contributed by atoms with Gasteiger partial charge in [0.05, 0.1) is 5.03 Å². The third-order valence-electron chi connectivity index (χ3n) is 2.04. The summed E-state index contributed by atoms with van der Waals surface area (Å²) in [6, 6.07) is 6.28. The molecule has 1 atom stereocenters. The summed E-state index contributed by atoms with van der Waals surface area (Å²) < 4.78 is 0. The number of aromatic nitrogens is 1. The van der Waals surface area contributed by atoms with Crippen LogP contribution in [-0.2, 0) is 0 Å². The van der Waals surface area contributed by atoms with E-state index in [1.54, 1.807) is 18.0 Å². The fourth-order valence-corrected chi connectivity index (χ4v) is 2.27. The first kappa shape index (κ1) is 12.5. The highest BCUT2D eigenvalue weighted by atomic mass is 32.2. The Labute approximate surface area is 95.3 Å². The van der Waals surface area contributed by atoms with Gasteiger partial charge in [-0.25, -0.2) is 4.98 Å². The normalized spacial score (nSPS) is 12.7. The summed E-state index contributed by atoms with van der Waals surface area (Å²) in [5, 5.41) is 13.3. The first-order chi connectivity index (χ1) is 7.36. The standard InChI is InChI=1S/C11H18N2OS/c1-2-12-10(6-8-14)9-15-11-5-3-4-7-13-11/h3-5,7,10,12,14H,2,6,8-9H2,1H3. The van der Waals surface area contributed by atoms with E-state index in [9.17, 15) is 0 Å². The molecule has 0 aliphatic rings. The quantitative estimate of drug-likeness (QED) is 0.692. The minimum Gasteiger partial charge on any atom is -0.396 e. The molecule has 1 rings (SSSR count). The van der Waals surface area contributed by atoms with Crippen molar-refractivity contribution in [3.05, 3.63) is 24.4 Å². The maximum atomic E-state index is 8.90. The van der Waals surface area contributed by atoms with Crippen LogP contribution in [0.2, 0.25) is 0 Å². The van der Waals surface area contributed by atoms with Crippen LogP contribution in [0.15, 0.2) is 29.4 Å². The van der Waals surface area contributed by atoms with Gasteiger partial charge in [0.2, 0.25) is 0 Å². The first-order valence-electron chi connectivity index (χ1n) is 5.25. The maximum Gasteiger partial charge on any atom is 0.0960 e. The summed E-state index contributed by atoms with van der Waals surface area (Å²) >= 11 is 1.72. The average molecular weight is 226 g/mol. The average Bonchev–Trinajstić information content (AvgIpc) is 2.28. The van der Waals surface area contributed by atoms with E-state index in [0.29, 0.717) is 6.04 Å². The third-order valence-corrected chi connectivity index (χ3v) is 3.15. The Balaban J connectivity index is 2.33. The SMILES string of the molecule is CCNC(CCO)CSc1ccccn1. The molecule has 1 unspecified atom stereocenters. The predicted octanol–water partition coefficient (Wildman–Crippen LogP) is 1.53. The Morgan fingerprint density at radius 1 is 1.53 bits per heavy atom. The number of aliphatic hydroxyl groups excluding tert-OH is 1. The van der Waals surface area contributed by atoms with Crippen molar-refractivity contribution in [1.29, 1.82) is 0 Å². The number of hydrogen-bond donors (Lipinski definition) is 2. The summed E-state index contributed by atoms with van der Waals surface area (Å²) in [7, 11) is 0.